The Balaban J connectivity index is 1.62. The normalized spacial score (nSPS) is 27.7. The van der Waals surface area contributed by atoms with Gasteiger partial charge in [0.25, 0.3) is 5.91 Å². The number of ether oxygens (including phenoxy) is 1. The first-order valence-corrected chi connectivity index (χ1v) is 7.59. The average molecular weight is 290 g/mol. The molecule has 2 atom stereocenters. The molecule has 2 saturated heterocycles. The number of nitrogens with zero attached hydrogens (tertiary/aromatic N) is 1. The molecule has 0 saturated carbocycles. The van der Waals surface area contributed by atoms with Crippen LogP contribution in [0.3, 0.4) is 0 Å². The number of amides is 1. The lowest BCUT2D eigenvalue weighted by Gasteiger charge is -2.37. The van der Waals surface area contributed by atoms with Crippen LogP contribution in [0.15, 0.2) is 24.3 Å². The van der Waals surface area contributed by atoms with Gasteiger partial charge in [-0.3, -0.25) is 4.79 Å². The molecule has 2 fully saturated rings. The average Bonchev–Trinajstić information content (AvgIpc) is 2.77. The number of fused-ring (bicyclic) bond motifs is 2. The van der Waals surface area contributed by atoms with Gasteiger partial charge in [0.2, 0.25) is 0 Å². The van der Waals surface area contributed by atoms with Crippen molar-refractivity contribution >= 4 is 5.91 Å². The summed E-state index contributed by atoms with van der Waals surface area (Å²) in [4.78, 5) is 14.4. The minimum atomic E-state index is -0.259. The van der Waals surface area contributed by atoms with Gasteiger partial charge in [-0.2, -0.15) is 0 Å². The predicted molar refractivity (Wildman–Crippen MR) is 78.7 cm³/mol. The van der Waals surface area contributed by atoms with Gasteiger partial charge in [0.15, 0.2) is 6.61 Å². The van der Waals surface area contributed by atoms with E-state index in [0.717, 1.165) is 18.4 Å². The van der Waals surface area contributed by atoms with E-state index in [1.165, 1.54) is 0 Å². The number of hydrogen-bond donors (Lipinski definition) is 2. The van der Waals surface area contributed by atoms with Crippen LogP contribution in [0.2, 0.25) is 0 Å². The number of para-hydroxylation sites is 1. The van der Waals surface area contributed by atoms with Crippen LogP contribution >= 0.6 is 0 Å². The summed E-state index contributed by atoms with van der Waals surface area (Å²) >= 11 is 0. The second-order valence-electron chi connectivity index (χ2n) is 5.91. The fourth-order valence-electron chi connectivity index (χ4n) is 3.58. The molecule has 0 aliphatic carbocycles. The van der Waals surface area contributed by atoms with Crippen LogP contribution in [0.1, 0.15) is 31.2 Å². The molecule has 5 heteroatoms. The molecule has 1 amide bonds. The van der Waals surface area contributed by atoms with Crippen LogP contribution in [0.4, 0.5) is 0 Å². The summed E-state index contributed by atoms with van der Waals surface area (Å²) in [5, 5.41) is 9.78. The summed E-state index contributed by atoms with van der Waals surface area (Å²) in [6.45, 7) is 0.436. The smallest absolute Gasteiger partial charge is 0.261 e. The lowest BCUT2D eigenvalue weighted by molar-refractivity contribution is -0.139. The Hall–Kier alpha value is -1.59. The predicted octanol–water partition coefficient (Wildman–Crippen LogP) is 1.04. The summed E-state index contributed by atoms with van der Waals surface area (Å²) in [6.07, 6.45) is 3.12. The Kier molecular flexibility index (Phi) is 4.12. The van der Waals surface area contributed by atoms with Gasteiger partial charge < -0.3 is 20.5 Å². The molecule has 21 heavy (non-hydrogen) atoms. The quantitative estimate of drug-likeness (QED) is 0.868. The molecule has 3 N–H and O–H groups in total. The molecular formula is C16H22N2O3. The standard InChI is InChI=1S/C16H22N2O3/c17-9-11-3-1-2-4-15(11)21-10-16(20)18-12-5-6-13(18)8-14(19)7-12/h1-4,12-14,19H,5-10,17H2. The Morgan fingerprint density at radius 2 is 1.95 bits per heavy atom. The van der Waals surface area contributed by atoms with Crippen LogP contribution in [0.5, 0.6) is 5.75 Å². The first-order valence-electron chi connectivity index (χ1n) is 7.59. The van der Waals surface area contributed by atoms with Crippen LogP contribution in [-0.4, -0.2) is 40.7 Å². The third kappa shape index (κ3) is 2.89. The molecule has 2 bridgehead atoms. The van der Waals surface area contributed by atoms with Crippen molar-refractivity contribution in [2.75, 3.05) is 6.61 Å². The number of hydrogen-bond acceptors (Lipinski definition) is 4. The third-order valence-corrected chi connectivity index (χ3v) is 4.54. The molecular weight excluding hydrogens is 268 g/mol. The first-order chi connectivity index (χ1) is 10.2. The highest BCUT2D eigenvalue weighted by Gasteiger charge is 2.42. The molecule has 2 aliphatic rings. The Bertz CT molecular complexity index is 506. The lowest BCUT2D eigenvalue weighted by Crippen LogP contribution is -2.49. The van der Waals surface area contributed by atoms with E-state index in [-0.39, 0.29) is 30.7 Å². The lowest BCUT2D eigenvalue weighted by atomic mass is 10.00. The minimum Gasteiger partial charge on any atom is -0.483 e. The van der Waals surface area contributed by atoms with E-state index in [2.05, 4.69) is 0 Å². The molecule has 1 aromatic rings. The maximum absolute atomic E-state index is 12.4. The van der Waals surface area contributed by atoms with E-state index in [1.807, 2.05) is 29.2 Å². The topological polar surface area (TPSA) is 75.8 Å². The van der Waals surface area contributed by atoms with Crippen molar-refractivity contribution in [2.45, 2.75) is 50.4 Å². The second kappa shape index (κ2) is 6.03. The van der Waals surface area contributed by atoms with E-state index >= 15 is 0 Å². The molecule has 0 radical (unpaired) electrons. The van der Waals surface area contributed by atoms with E-state index < -0.39 is 0 Å². The zero-order valence-electron chi connectivity index (χ0n) is 12.1. The van der Waals surface area contributed by atoms with Gasteiger partial charge >= 0.3 is 0 Å². The van der Waals surface area contributed by atoms with Crippen molar-refractivity contribution in [1.29, 1.82) is 0 Å². The third-order valence-electron chi connectivity index (χ3n) is 4.54. The van der Waals surface area contributed by atoms with Crippen molar-refractivity contribution in [1.82, 2.24) is 4.90 Å². The Morgan fingerprint density at radius 1 is 1.29 bits per heavy atom. The van der Waals surface area contributed by atoms with Crippen molar-refractivity contribution in [3.8, 4) is 5.75 Å². The van der Waals surface area contributed by atoms with Crippen molar-refractivity contribution in [2.24, 2.45) is 5.73 Å². The monoisotopic (exact) mass is 290 g/mol. The van der Waals surface area contributed by atoms with Gasteiger partial charge in [-0.25, -0.2) is 0 Å². The van der Waals surface area contributed by atoms with Gasteiger partial charge in [-0.1, -0.05) is 18.2 Å². The van der Waals surface area contributed by atoms with Crippen LogP contribution in [-0.2, 0) is 11.3 Å². The summed E-state index contributed by atoms with van der Waals surface area (Å²) in [5.74, 6) is 0.693. The van der Waals surface area contributed by atoms with Crippen LogP contribution in [0.25, 0.3) is 0 Å². The van der Waals surface area contributed by atoms with E-state index in [1.54, 1.807) is 0 Å². The zero-order chi connectivity index (χ0) is 14.8. The zero-order valence-corrected chi connectivity index (χ0v) is 12.1. The van der Waals surface area contributed by atoms with E-state index in [0.29, 0.717) is 25.1 Å². The molecule has 5 nitrogen and oxygen atoms in total. The number of nitrogens with two attached hydrogens (primary N) is 1. The number of benzene rings is 1. The van der Waals surface area contributed by atoms with Gasteiger partial charge in [0, 0.05) is 24.2 Å². The first kappa shape index (κ1) is 14.4. The molecule has 0 spiro atoms. The van der Waals surface area contributed by atoms with Gasteiger partial charge in [-0.05, 0) is 31.7 Å². The minimum absolute atomic E-state index is 0.0150. The van der Waals surface area contributed by atoms with Gasteiger partial charge in [0.05, 0.1) is 6.10 Å². The maximum Gasteiger partial charge on any atom is 0.261 e. The fraction of sp³-hybridized carbons (Fsp3) is 0.562. The van der Waals surface area contributed by atoms with Crippen LogP contribution in [0, 0.1) is 0 Å². The molecule has 114 valence electrons. The van der Waals surface area contributed by atoms with E-state index in [4.69, 9.17) is 10.5 Å². The number of carbonyl (C=O) groups is 1. The SMILES string of the molecule is NCc1ccccc1OCC(=O)N1C2CCC1CC(O)C2. The summed E-state index contributed by atoms with van der Waals surface area (Å²) < 4.78 is 5.66. The maximum atomic E-state index is 12.4. The summed E-state index contributed by atoms with van der Waals surface area (Å²) in [5.41, 5.74) is 6.57. The number of carbonyl (C=O) groups excluding carboxylic acids is 1. The molecule has 2 heterocycles. The van der Waals surface area contributed by atoms with E-state index in [9.17, 15) is 9.90 Å². The molecule has 2 aliphatic heterocycles. The highest BCUT2D eigenvalue weighted by Crippen LogP contribution is 2.35. The summed E-state index contributed by atoms with van der Waals surface area (Å²) in [7, 11) is 0. The van der Waals surface area contributed by atoms with Gasteiger partial charge in [-0.15, -0.1) is 0 Å². The van der Waals surface area contributed by atoms with Crippen molar-refractivity contribution < 1.29 is 14.6 Å². The van der Waals surface area contributed by atoms with Crippen LogP contribution < -0.4 is 10.5 Å². The number of piperidine rings is 1. The Labute approximate surface area is 124 Å². The number of rotatable bonds is 4. The molecule has 0 aromatic heterocycles. The molecule has 2 unspecified atom stereocenters. The Morgan fingerprint density at radius 3 is 2.62 bits per heavy atom. The molecule has 1 aromatic carbocycles. The highest BCUT2D eigenvalue weighted by atomic mass is 16.5. The fourth-order valence-corrected chi connectivity index (χ4v) is 3.58. The highest BCUT2D eigenvalue weighted by molar-refractivity contribution is 5.79. The second-order valence-corrected chi connectivity index (χ2v) is 5.91. The summed E-state index contributed by atoms with van der Waals surface area (Å²) in [6, 6.07) is 7.88. The number of aliphatic hydroxyl groups excluding tert-OH is 1. The van der Waals surface area contributed by atoms with Crippen molar-refractivity contribution in [3.63, 3.8) is 0 Å². The van der Waals surface area contributed by atoms with Gasteiger partial charge in [0.1, 0.15) is 5.75 Å². The number of aliphatic hydroxyl groups is 1. The largest absolute Gasteiger partial charge is 0.483 e. The van der Waals surface area contributed by atoms with Crippen molar-refractivity contribution in [3.05, 3.63) is 29.8 Å². The molecule has 3 rings (SSSR count).